The number of carbonyl (C=O) groups excluding carboxylic acids is 1. The number of nitrogens with zero attached hydrogens (tertiary/aromatic N) is 1. The molecule has 0 atom stereocenters. The molecule has 0 saturated heterocycles. The summed E-state index contributed by atoms with van der Waals surface area (Å²) in [4.78, 5) is 13.5. The van der Waals surface area contributed by atoms with Crippen LogP contribution in [0.3, 0.4) is 0 Å². The maximum Gasteiger partial charge on any atom is 0.224 e. The lowest BCUT2D eigenvalue weighted by Gasteiger charge is -2.19. The van der Waals surface area contributed by atoms with E-state index in [4.69, 9.17) is 0 Å². The molecule has 0 unspecified atom stereocenters. The zero-order valence-electron chi connectivity index (χ0n) is 11.9. The van der Waals surface area contributed by atoms with Crippen molar-refractivity contribution in [2.75, 3.05) is 11.4 Å². The number of hydrogen-bond acceptors (Lipinski definition) is 1. The first kappa shape index (κ1) is 14.1. The van der Waals surface area contributed by atoms with E-state index in [9.17, 15) is 4.79 Å². The van der Waals surface area contributed by atoms with E-state index in [0.717, 1.165) is 11.3 Å². The molecule has 0 aliphatic heterocycles. The largest absolute Gasteiger partial charge is 0.309 e. The number of carbonyl (C=O) groups is 1. The molecule has 0 aliphatic carbocycles. The summed E-state index contributed by atoms with van der Waals surface area (Å²) in [6.45, 7) is 4.21. The fourth-order valence-corrected chi connectivity index (χ4v) is 2.00. The first-order valence-electron chi connectivity index (χ1n) is 6.73. The molecule has 1 amide bonds. The molecule has 0 aromatic heterocycles. The molecule has 2 aromatic rings. The Morgan fingerprint density at radius 1 is 1.05 bits per heavy atom. The van der Waals surface area contributed by atoms with E-state index in [1.165, 1.54) is 5.56 Å². The van der Waals surface area contributed by atoms with Gasteiger partial charge in [0.25, 0.3) is 0 Å². The number of rotatable bonds is 4. The average Bonchev–Trinajstić information content (AvgIpc) is 2.46. The monoisotopic (exact) mass is 265 g/mol. The molecular weight excluding hydrogens is 246 g/mol. The van der Waals surface area contributed by atoms with Crippen molar-refractivity contribution in [3.63, 3.8) is 0 Å². The van der Waals surface area contributed by atoms with Gasteiger partial charge in [0.2, 0.25) is 5.91 Å². The number of hydrogen-bond donors (Lipinski definition) is 0. The third-order valence-corrected chi connectivity index (χ3v) is 3.12. The fourth-order valence-electron chi connectivity index (χ4n) is 2.00. The molecule has 0 heterocycles. The summed E-state index contributed by atoms with van der Waals surface area (Å²) >= 11 is 0. The molecule has 0 saturated carbocycles. The fraction of sp³-hybridized carbons (Fsp3) is 0.167. The molecule has 0 radical (unpaired) electrons. The van der Waals surface area contributed by atoms with E-state index in [1.807, 2.05) is 73.7 Å². The first-order chi connectivity index (χ1) is 9.66. The Morgan fingerprint density at radius 3 is 2.30 bits per heavy atom. The number of anilines is 1. The molecule has 2 nitrogen and oxygen atoms in total. The van der Waals surface area contributed by atoms with Gasteiger partial charge in [0.05, 0.1) is 0 Å². The SMILES string of the molecule is CC(=O)N(C/C=C/c1ccccc1)c1ccc(C)cc1. The van der Waals surface area contributed by atoms with Gasteiger partial charge in [-0.3, -0.25) is 4.79 Å². The molecule has 2 rings (SSSR count). The van der Waals surface area contributed by atoms with Crippen LogP contribution >= 0.6 is 0 Å². The summed E-state index contributed by atoms with van der Waals surface area (Å²) < 4.78 is 0. The third-order valence-electron chi connectivity index (χ3n) is 3.12. The van der Waals surface area contributed by atoms with Crippen molar-refractivity contribution in [1.29, 1.82) is 0 Å². The quantitative estimate of drug-likeness (QED) is 0.816. The molecular formula is C18H19NO. The standard InChI is InChI=1S/C18H19NO/c1-15-10-12-18(13-11-15)19(16(2)20)14-6-9-17-7-4-3-5-8-17/h3-13H,14H2,1-2H3/b9-6+. The Bertz CT molecular complexity index is 585. The minimum atomic E-state index is 0.0477. The minimum absolute atomic E-state index is 0.0477. The maximum atomic E-state index is 11.8. The Morgan fingerprint density at radius 2 is 1.70 bits per heavy atom. The van der Waals surface area contributed by atoms with E-state index < -0.39 is 0 Å². The van der Waals surface area contributed by atoms with Gasteiger partial charge in [-0.2, -0.15) is 0 Å². The van der Waals surface area contributed by atoms with Gasteiger partial charge in [-0.05, 0) is 24.6 Å². The van der Waals surface area contributed by atoms with Crippen LogP contribution in [0, 0.1) is 6.92 Å². The summed E-state index contributed by atoms with van der Waals surface area (Å²) in [5.41, 5.74) is 3.26. The zero-order valence-corrected chi connectivity index (χ0v) is 11.9. The zero-order chi connectivity index (χ0) is 14.4. The van der Waals surface area contributed by atoms with Crippen molar-refractivity contribution in [1.82, 2.24) is 0 Å². The second-order valence-corrected chi connectivity index (χ2v) is 4.78. The highest BCUT2D eigenvalue weighted by molar-refractivity contribution is 5.91. The first-order valence-corrected chi connectivity index (χ1v) is 6.73. The summed E-state index contributed by atoms with van der Waals surface area (Å²) in [6, 6.07) is 18.1. The second kappa shape index (κ2) is 6.71. The van der Waals surface area contributed by atoms with E-state index in [1.54, 1.807) is 11.8 Å². The molecule has 0 aliphatic rings. The molecule has 2 aromatic carbocycles. The summed E-state index contributed by atoms with van der Waals surface area (Å²) in [5.74, 6) is 0.0477. The van der Waals surface area contributed by atoms with Crippen LogP contribution in [-0.2, 0) is 4.79 Å². The van der Waals surface area contributed by atoms with Crippen LogP contribution < -0.4 is 4.90 Å². The molecule has 0 fully saturated rings. The number of benzene rings is 2. The highest BCUT2D eigenvalue weighted by Gasteiger charge is 2.08. The molecule has 2 heteroatoms. The Hall–Kier alpha value is -2.35. The van der Waals surface area contributed by atoms with Gasteiger partial charge >= 0.3 is 0 Å². The van der Waals surface area contributed by atoms with Crippen molar-refractivity contribution in [2.24, 2.45) is 0 Å². The highest BCUT2D eigenvalue weighted by Crippen LogP contribution is 2.15. The van der Waals surface area contributed by atoms with E-state index >= 15 is 0 Å². The van der Waals surface area contributed by atoms with Gasteiger partial charge in [0.1, 0.15) is 0 Å². The predicted octanol–water partition coefficient (Wildman–Crippen LogP) is 4.06. The number of aryl methyl sites for hydroxylation is 1. The van der Waals surface area contributed by atoms with Crippen LogP contribution in [-0.4, -0.2) is 12.5 Å². The van der Waals surface area contributed by atoms with E-state index in [2.05, 4.69) is 0 Å². The van der Waals surface area contributed by atoms with Crippen LogP contribution in [0.25, 0.3) is 6.08 Å². The van der Waals surface area contributed by atoms with Gasteiger partial charge in [-0.1, -0.05) is 60.2 Å². The smallest absolute Gasteiger partial charge is 0.224 e. The molecule has 0 bridgehead atoms. The summed E-state index contributed by atoms with van der Waals surface area (Å²) in [5, 5.41) is 0. The minimum Gasteiger partial charge on any atom is -0.309 e. The Balaban J connectivity index is 2.09. The van der Waals surface area contributed by atoms with Crippen molar-refractivity contribution >= 4 is 17.7 Å². The van der Waals surface area contributed by atoms with Crippen molar-refractivity contribution < 1.29 is 4.79 Å². The lowest BCUT2D eigenvalue weighted by atomic mass is 10.2. The molecule has 0 N–H and O–H groups in total. The normalized spacial score (nSPS) is 10.7. The predicted molar refractivity (Wildman–Crippen MR) is 84.7 cm³/mol. The van der Waals surface area contributed by atoms with Crippen molar-refractivity contribution in [3.05, 3.63) is 71.8 Å². The van der Waals surface area contributed by atoms with E-state index in [0.29, 0.717) is 6.54 Å². The Labute approximate surface area is 120 Å². The number of amides is 1. The molecule has 0 spiro atoms. The summed E-state index contributed by atoms with van der Waals surface area (Å²) in [6.07, 6.45) is 4.04. The average molecular weight is 265 g/mol. The summed E-state index contributed by atoms with van der Waals surface area (Å²) in [7, 11) is 0. The molecule has 20 heavy (non-hydrogen) atoms. The van der Waals surface area contributed by atoms with Gasteiger partial charge in [0, 0.05) is 19.2 Å². The van der Waals surface area contributed by atoms with Crippen LogP contribution in [0.15, 0.2) is 60.7 Å². The van der Waals surface area contributed by atoms with Gasteiger partial charge in [-0.15, -0.1) is 0 Å². The third kappa shape index (κ3) is 3.82. The van der Waals surface area contributed by atoms with E-state index in [-0.39, 0.29) is 5.91 Å². The van der Waals surface area contributed by atoms with Crippen molar-refractivity contribution in [2.45, 2.75) is 13.8 Å². The van der Waals surface area contributed by atoms with Gasteiger partial charge < -0.3 is 4.90 Å². The van der Waals surface area contributed by atoms with Crippen LogP contribution in [0.5, 0.6) is 0 Å². The topological polar surface area (TPSA) is 20.3 Å². The lowest BCUT2D eigenvalue weighted by molar-refractivity contribution is -0.116. The van der Waals surface area contributed by atoms with Gasteiger partial charge in [-0.25, -0.2) is 0 Å². The van der Waals surface area contributed by atoms with Gasteiger partial charge in [0.15, 0.2) is 0 Å². The maximum absolute atomic E-state index is 11.8. The second-order valence-electron chi connectivity index (χ2n) is 4.78. The van der Waals surface area contributed by atoms with Crippen LogP contribution in [0.1, 0.15) is 18.1 Å². The highest BCUT2D eigenvalue weighted by atomic mass is 16.2. The van der Waals surface area contributed by atoms with Crippen LogP contribution in [0.2, 0.25) is 0 Å². The van der Waals surface area contributed by atoms with Crippen LogP contribution in [0.4, 0.5) is 5.69 Å². The molecule has 102 valence electrons. The lowest BCUT2D eigenvalue weighted by Crippen LogP contribution is -2.28. The Kier molecular flexibility index (Phi) is 4.72. The van der Waals surface area contributed by atoms with Crippen molar-refractivity contribution in [3.8, 4) is 0 Å².